The molecule has 0 aromatic heterocycles. The van der Waals surface area contributed by atoms with Crippen LogP contribution in [0, 0.1) is 11.3 Å². The minimum absolute atomic E-state index is 0.329. The molecule has 94 valence electrons. The van der Waals surface area contributed by atoms with Crippen LogP contribution in [0.1, 0.15) is 53.4 Å². The molecule has 1 saturated carbocycles. The molecule has 1 unspecified atom stereocenters. The van der Waals surface area contributed by atoms with Crippen molar-refractivity contribution in [2.24, 2.45) is 17.1 Å². The van der Waals surface area contributed by atoms with Gasteiger partial charge in [0.1, 0.15) is 0 Å². The number of likely N-dealkylation sites (tertiary alicyclic amines) is 1. The van der Waals surface area contributed by atoms with Crippen molar-refractivity contribution in [1.29, 1.82) is 0 Å². The molecule has 2 rings (SSSR count). The van der Waals surface area contributed by atoms with Gasteiger partial charge in [0.2, 0.25) is 0 Å². The van der Waals surface area contributed by atoms with E-state index in [2.05, 4.69) is 32.6 Å². The standard InChI is InChI=1S/C14H28N2/c1-11-5-6-14(12(11)15)7-9-16(10-8-14)13(2,3)4/h11-12H,5-10,15H2,1-4H3/t11?,12-/m0/s1. The van der Waals surface area contributed by atoms with Crippen LogP contribution in [-0.2, 0) is 0 Å². The molecule has 0 radical (unpaired) electrons. The minimum Gasteiger partial charge on any atom is -0.327 e. The lowest BCUT2D eigenvalue weighted by Gasteiger charge is -2.47. The lowest BCUT2D eigenvalue weighted by Crippen LogP contribution is -2.53. The largest absolute Gasteiger partial charge is 0.327 e. The number of hydrogen-bond donors (Lipinski definition) is 1. The Morgan fingerprint density at radius 3 is 2.06 bits per heavy atom. The summed E-state index contributed by atoms with van der Waals surface area (Å²) in [5, 5.41) is 0. The summed E-state index contributed by atoms with van der Waals surface area (Å²) < 4.78 is 0. The van der Waals surface area contributed by atoms with E-state index in [4.69, 9.17) is 5.73 Å². The summed E-state index contributed by atoms with van der Waals surface area (Å²) >= 11 is 0. The molecule has 0 bridgehead atoms. The summed E-state index contributed by atoms with van der Waals surface area (Å²) in [6.07, 6.45) is 5.34. The Morgan fingerprint density at radius 1 is 1.12 bits per heavy atom. The van der Waals surface area contributed by atoms with Crippen molar-refractivity contribution < 1.29 is 0 Å². The maximum absolute atomic E-state index is 6.42. The molecule has 2 N–H and O–H groups in total. The highest BCUT2D eigenvalue weighted by Crippen LogP contribution is 2.48. The highest BCUT2D eigenvalue weighted by molar-refractivity contribution is 5.01. The van der Waals surface area contributed by atoms with Crippen LogP contribution >= 0.6 is 0 Å². The molecule has 16 heavy (non-hydrogen) atoms. The van der Waals surface area contributed by atoms with Crippen LogP contribution in [0.25, 0.3) is 0 Å². The zero-order valence-electron chi connectivity index (χ0n) is 11.4. The van der Waals surface area contributed by atoms with Crippen molar-refractivity contribution in [3.8, 4) is 0 Å². The van der Waals surface area contributed by atoms with E-state index in [1.807, 2.05) is 0 Å². The average Bonchev–Trinajstić information content (AvgIpc) is 2.47. The third-order valence-electron chi connectivity index (χ3n) is 5.13. The number of hydrogen-bond acceptors (Lipinski definition) is 2. The van der Waals surface area contributed by atoms with Crippen LogP contribution in [0.15, 0.2) is 0 Å². The summed E-state index contributed by atoms with van der Waals surface area (Å²) in [5.74, 6) is 0.737. The second kappa shape index (κ2) is 3.99. The van der Waals surface area contributed by atoms with Gasteiger partial charge in [-0.1, -0.05) is 6.92 Å². The van der Waals surface area contributed by atoms with Crippen molar-refractivity contribution in [1.82, 2.24) is 4.90 Å². The van der Waals surface area contributed by atoms with Crippen LogP contribution in [-0.4, -0.2) is 29.6 Å². The summed E-state index contributed by atoms with van der Waals surface area (Å²) in [4.78, 5) is 2.62. The van der Waals surface area contributed by atoms with Gasteiger partial charge in [0.15, 0.2) is 0 Å². The molecule has 2 atom stereocenters. The Hall–Kier alpha value is -0.0800. The molecule has 2 fully saturated rings. The summed E-state index contributed by atoms with van der Waals surface area (Å²) in [5.41, 5.74) is 7.24. The minimum atomic E-state index is 0.329. The average molecular weight is 224 g/mol. The maximum Gasteiger partial charge on any atom is 0.0125 e. The van der Waals surface area contributed by atoms with E-state index in [9.17, 15) is 0 Å². The first-order valence-corrected chi connectivity index (χ1v) is 6.86. The monoisotopic (exact) mass is 224 g/mol. The smallest absolute Gasteiger partial charge is 0.0125 e. The molecule has 2 nitrogen and oxygen atoms in total. The fourth-order valence-corrected chi connectivity index (χ4v) is 3.67. The lowest BCUT2D eigenvalue weighted by molar-refractivity contribution is 0.0353. The topological polar surface area (TPSA) is 29.3 Å². The molecule has 2 heteroatoms. The summed E-state index contributed by atoms with van der Waals surface area (Å²) in [7, 11) is 0. The fourth-order valence-electron chi connectivity index (χ4n) is 3.67. The molecule has 1 heterocycles. The van der Waals surface area contributed by atoms with Gasteiger partial charge < -0.3 is 5.73 Å². The number of nitrogens with zero attached hydrogens (tertiary/aromatic N) is 1. The predicted molar refractivity (Wildman–Crippen MR) is 69.4 cm³/mol. The van der Waals surface area contributed by atoms with E-state index in [0.29, 0.717) is 17.0 Å². The van der Waals surface area contributed by atoms with E-state index >= 15 is 0 Å². The molecule has 0 aromatic carbocycles. The third-order valence-corrected chi connectivity index (χ3v) is 5.13. The molecular formula is C14H28N2. The third kappa shape index (κ3) is 2.02. The molecule has 2 aliphatic rings. The molecular weight excluding hydrogens is 196 g/mol. The highest BCUT2D eigenvalue weighted by atomic mass is 15.2. The van der Waals surface area contributed by atoms with Gasteiger partial charge in [-0.25, -0.2) is 0 Å². The molecule has 1 aliphatic heterocycles. The van der Waals surface area contributed by atoms with E-state index < -0.39 is 0 Å². The van der Waals surface area contributed by atoms with Gasteiger partial charge in [-0.3, -0.25) is 4.90 Å². The van der Waals surface area contributed by atoms with Crippen LogP contribution in [0.3, 0.4) is 0 Å². The fraction of sp³-hybridized carbons (Fsp3) is 1.00. The molecule has 1 saturated heterocycles. The van der Waals surface area contributed by atoms with Crippen LogP contribution < -0.4 is 5.73 Å². The van der Waals surface area contributed by atoms with E-state index in [0.717, 1.165) is 5.92 Å². The quantitative estimate of drug-likeness (QED) is 0.685. The Balaban J connectivity index is 2.00. The number of nitrogens with two attached hydrogens (primary N) is 1. The van der Waals surface area contributed by atoms with E-state index in [1.54, 1.807) is 0 Å². The van der Waals surface area contributed by atoms with Gasteiger partial charge in [0, 0.05) is 11.6 Å². The maximum atomic E-state index is 6.42. The van der Waals surface area contributed by atoms with Gasteiger partial charge in [-0.2, -0.15) is 0 Å². The molecule has 1 aliphatic carbocycles. The first-order valence-electron chi connectivity index (χ1n) is 6.86. The van der Waals surface area contributed by atoms with Gasteiger partial charge in [0.25, 0.3) is 0 Å². The van der Waals surface area contributed by atoms with Crippen molar-refractivity contribution in [2.75, 3.05) is 13.1 Å². The molecule has 1 spiro atoms. The Morgan fingerprint density at radius 2 is 1.69 bits per heavy atom. The van der Waals surface area contributed by atoms with E-state index in [-0.39, 0.29) is 0 Å². The predicted octanol–water partition coefficient (Wildman–Crippen LogP) is 2.62. The Bertz CT molecular complexity index is 246. The number of piperidine rings is 1. The van der Waals surface area contributed by atoms with Gasteiger partial charge >= 0.3 is 0 Å². The van der Waals surface area contributed by atoms with Crippen molar-refractivity contribution in [3.63, 3.8) is 0 Å². The summed E-state index contributed by atoms with van der Waals surface area (Å²) in [6, 6.07) is 0.453. The van der Waals surface area contributed by atoms with Crippen molar-refractivity contribution in [3.05, 3.63) is 0 Å². The summed E-state index contributed by atoms with van der Waals surface area (Å²) in [6.45, 7) is 11.8. The Labute approximate surface area is 101 Å². The highest BCUT2D eigenvalue weighted by Gasteiger charge is 2.47. The second-order valence-corrected chi connectivity index (χ2v) is 7.06. The second-order valence-electron chi connectivity index (χ2n) is 7.06. The first kappa shape index (κ1) is 12.4. The zero-order valence-corrected chi connectivity index (χ0v) is 11.4. The number of rotatable bonds is 0. The van der Waals surface area contributed by atoms with E-state index in [1.165, 1.54) is 38.8 Å². The van der Waals surface area contributed by atoms with Crippen LogP contribution in [0.2, 0.25) is 0 Å². The van der Waals surface area contributed by atoms with Gasteiger partial charge in [-0.15, -0.1) is 0 Å². The van der Waals surface area contributed by atoms with Crippen molar-refractivity contribution in [2.45, 2.75) is 65.0 Å². The Kier molecular flexibility index (Phi) is 3.09. The molecule has 0 aromatic rings. The first-order chi connectivity index (χ1) is 7.35. The SMILES string of the molecule is CC1CCC2(CCN(C(C)(C)C)CC2)[C@H]1N. The van der Waals surface area contributed by atoms with Crippen LogP contribution in [0.4, 0.5) is 0 Å². The van der Waals surface area contributed by atoms with Crippen LogP contribution in [0.5, 0.6) is 0 Å². The lowest BCUT2D eigenvalue weighted by atomic mass is 9.73. The van der Waals surface area contributed by atoms with Gasteiger partial charge in [0.05, 0.1) is 0 Å². The normalized spacial score (nSPS) is 35.8. The van der Waals surface area contributed by atoms with Crippen molar-refractivity contribution >= 4 is 0 Å². The van der Waals surface area contributed by atoms with Gasteiger partial charge in [-0.05, 0) is 70.9 Å². The zero-order chi connectivity index (χ0) is 12.0. The molecule has 0 amide bonds.